The van der Waals surface area contributed by atoms with Gasteiger partial charge < -0.3 is 10.5 Å². The molecule has 0 bridgehead atoms. The van der Waals surface area contributed by atoms with Crippen LogP contribution < -0.4 is 5.73 Å². The fourth-order valence-electron chi connectivity index (χ4n) is 1.60. The minimum absolute atomic E-state index is 0.0932. The second-order valence-corrected chi connectivity index (χ2v) is 3.96. The number of carbonyl (C=O) groups is 1. The molecule has 0 saturated carbocycles. The third-order valence-electron chi connectivity index (χ3n) is 2.42. The average molecular weight is 264 g/mol. The predicted molar refractivity (Wildman–Crippen MR) is 72.5 cm³/mol. The van der Waals surface area contributed by atoms with Crippen molar-refractivity contribution in [3.8, 4) is 0 Å². The average Bonchev–Trinajstić information content (AvgIpc) is 2.33. The number of nitrogens with two attached hydrogens (primary N) is 1. The number of nitro benzene ring substituents is 1. The fraction of sp³-hybridized carbons (Fsp3) is 0.308. The number of nitrogens with zero attached hydrogens (tertiary/aromatic N) is 1. The monoisotopic (exact) mass is 264 g/mol. The second kappa shape index (κ2) is 6.53. The molecule has 6 heteroatoms. The largest absolute Gasteiger partial charge is 0.466 e. The zero-order valence-corrected chi connectivity index (χ0v) is 10.9. The van der Waals surface area contributed by atoms with E-state index in [0.29, 0.717) is 12.2 Å². The molecule has 0 unspecified atom stereocenters. The van der Waals surface area contributed by atoms with Crippen LogP contribution in [0.4, 0.5) is 11.4 Å². The highest BCUT2D eigenvalue weighted by Gasteiger charge is 2.14. The summed E-state index contributed by atoms with van der Waals surface area (Å²) in [6, 6.07) is 3.14. The van der Waals surface area contributed by atoms with Gasteiger partial charge in [0, 0.05) is 11.6 Å². The Balaban J connectivity index is 2.92. The van der Waals surface area contributed by atoms with Crippen molar-refractivity contribution in [2.24, 2.45) is 0 Å². The van der Waals surface area contributed by atoms with Gasteiger partial charge in [-0.05, 0) is 25.5 Å². The van der Waals surface area contributed by atoms with Gasteiger partial charge in [0.2, 0.25) is 0 Å². The summed E-state index contributed by atoms with van der Waals surface area (Å²) in [6.45, 7) is 3.80. The van der Waals surface area contributed by atoms with E-state index in [9.17, 15) is 14.9 Å². The van der Waals surface area contributed by atoms with Crippen LogP contribution in [-0.4, -0.2) is 17.5 Å². The summed E-state index contributed by atoms with van der Waals surface area (Å²) >= 11 is 0. The normalized spacial score (nSPS) is 10.6. The molecule has 0 spiro atoms. The van der Waals surface area contributed by atoms with Crippen LogP contribution in [0.5, 0.6) is 0 Å². The summed E-state index contributed by atoms with van der Waals surface area (Å²) in [5.41, 5.74) is 6.94. The van der Waals surface area contributed by atoms with Crippen LogP contribution in [-0.2, 0) is 9.53 Å². The molecule has 0 aliphatic carbocycles. The summed E-state index contributed by atoms with van der Waals surface area (Å²) in [6.07, 6.45) is 3.27. The number of hydrogen-bond acceptors (Lipinski definition) is 5. The Morgan fingerprint density at radius 1 is 1.53 bits per heavy atom. The van der Waals surface area contributed by atoms with Gasteiger partial charge in [-0.2, -0.15) is 0 Å². The Labute approximate surface area is 111 Å². The first-order valence-corrected chi connectivity index (χ1v) is 5.82. The topological polar surface area (TPSA) is 95.5 Å². The van der Waals surface area contributed by atoms with E-state index in [2.05, 4.69) is 0 Å². The summed E-state index contributed by atoms with van der Waals surface area (Å²) < 4.78 is 4.77. The van der Waals surface area contributed by atoms with Gasteiger partial charge in [0.15, 0.2) is 0 Å². The molecule has 6 nitrogen and oxygen atoms in total. The SMILES string of the molecule is CCOC(=O)CC=Cc1cc(C)cc([N+](=O)[O-])c1N. The molecular formula is C13H16N2O4. The number of nitro groups is 1. The summed E-state index contributed by atoms with van der Waals surface area (Å²) in [4.78, 5) is 21.4. The molecule has 1 aromatic carbocycles. The van der Waals surface area contributed by atoms with Gasteiger partial charge in [-0.15, -0.1) is 0 Å². The predicted octanol–water partition coefficient (Wildman–Crippen LogP) is 2.45. The Morgan fingerprint density at radius 2 is 2.21 bits per heavy atom. The molecule has 0 fully saturated rings. The highest BCUT2D eigenvalue weighted by molar-refractivity contribution is 5.77. The molecule has 19 heavy (non-hydrogen) atoms. The number of ether oxygens (including phenoxy) is 1. The van der Waals surface area contributed by atoms with Gasteiger partial charge in [0.1, 0.15) is 5.69 Å². The molecule has 0 amide bonds. The number of aryl methyl sites for hydroxylation is 1. The van der Waals surface area contributed by atoms with E-state index in [4.69, 9.17) is 10.5 Å². The molecule has 0 atom stereocenters. The third kappa shape index (κ3) is 4.09. The molecule has 0 aliphatic heterocycles. The summed E-state index contributed by atoms with van der Waals surface area (Å²) in [5, 5.41) is 10.8. The fourth-order valence-corrected chi connectivity index (χ4v) is 1.60. The van der Waals surface area contributed by atoms with E-state index in [1.54, 1.807) is 32.1 Å². The van der Waals surface area contributed by atoms with E-state index in [1.807, 2.05) is 0 Å². The minimum Gasteiger partial charge on any atom is -0.466 e. The molecule has 102 valence electrons. The maximum absolute atomic E-state index is 11.1. The Morgan fingerprint density at radius 3 is 2.79 bits per heavy atom. The van der Waals surface area contributed by atoms with Gasteiger partial charge in [0.25, 0.3) is 5.69 Å². The van der Waals surface area contributed by atoms with Crippen LogP contribution in [0.25, 0.3) is 6.08 Å². The Hall–Kier alpha value is -2.37. The van der Waals surface area contributed by atoms with Gasteiger partial charge in [0.05, 0.1) is 18.0 Å². The lowest BCUT2D eigenvalue weighted by Crippen LogP contribution is -2.01. The lowest BCUT2D eigenvalue weighted by molar-refractivity contribution is -0.383. The highest BCUT2D eigenvalue weighted by Crippen LogP contribution is 2.28. The number of hydrogen-bond donors (Lipinski definition) is 1. The summed E-state index contributed by atoms with van der Waals surface area (Å²) in [7, 11) is 0. The van der Waals surface area contributed by atoms with E-state index >= 15 is 0 Å². The molecule has 0 aromatic heterocycles. The van der Waals surface area contributed by atoms with Crippen LogP contribution >= 0.6 is 0 Å². The molecule has 0 aliphatic rings. The first kappa shape index (κ1) is 14.7. The number of anilines is 1. The second-order valence-electron chi connectivity index (χ2n) is 3.96. The van der Waals surface area contributed by atoms with Crippen LogP contribution in [0.3, 0.4) is 0 Å². The maximum Gasteiger partial charge on any atom is 0.309 e. The van der Waals surface area contributed by atoms with Crippen LogP contribution in [0, 0.1) is 17.0 Å². The van der Waals surface area contributed by atoms with Crippen molar-refractivity contribution in [2.75, 3.05) is 12.3 Å². The molecule has 1 aromatic rings. The molecule has 1 rings (SSSR count). The van der Waals surface area contributed by atoms with E-state index in [1.165, 1.54) is 6.07 Å². The summed E-state index contributed by atoms with van der Waals surface area (Å²) in [5.74, 6) is -0.348. The van der Waals surface area contributed by atoms with Gasteiger partial charge in [-0.1, -0.05) is 12.2 Å². The van der Waals surface area contributed by atoms with Gasteiger partial charge in [-0.3, -0.25) is 14.9 Å². The van der Waals surface area contributed by atoms with Crippen LogP contribution in [0.1, 0.15) is 24.5 Å². The van der Waals surface area contributed by atoms with Crippen molar-refractivity contribution >= 4 is 23.4 Å². The highest BCUT2D eigenvalue weighted by atomic mass is 16.6. The van der Waals surface area contributed by atoms with Crippen molar-refractivity contribution in [1.29, 1.82) is 0 Å². The minimum atomic E-state index is -0.523. The van der Waals surface area contributed by atoms with Gasteiger partial charge in [-0.25, -0.2) is 0 Å². The molecule has 0 radical (unpaired) electrons. The zero-order valence-electron chi connectivity index (χ0n) is 10.9. The van der Waals surface area contributed by atoms with Gasteiger partial charge >= 0.3 is 5.97 Å². The van der Waals surface area contributed by atoms with Crippen LogP contribution in [0.15, 0.2) is 18.2 Å². The van der Waals surface area contributed by atoms with Crippen molar-refractivity contribution in [3.63, 3.8) is 0 Å². The number of carbonyl (C=O) groups excluding carboxylic acids is 1. The van der Waals surface area contributed by atoms with Crippen molar-refractivity contribution in [1.82, 2.24) is 0 Å². The quantitative estimate of drug-likeness (QED) is 0.381. The standard InChI is InChI=1S/C13H16N2O4/c1-3-19-12(16)6-4-5-10-7-9(2)8-11(13(10)14)15(17)18/h4-5,7-8H,3,6,14H2,1-2H3. The Bertz CT molecular complexity index is 524. The van der Waals surface area contributed by atoms with E-state index < -0.39 is 4.92 Å². The maximum atomic E-state index is 11.1. The Kier molecular flexibility index (Phi) is 5.05. The number of nitrogen functional groups attached to an aromatic ring is 1. The smallest absolute Gasteiger partial charge is 0.309 e. The zero-order chi connectivity index (χ0) is 14.4. The molecular weight excluding hydrogens is 248 g/mol. The van der Waals surface area contributed by atoms with E-state index in [0.717, 1.165) is 5.56 Å². The lowest BCUT2D eigenvalue weighted by atomic mass is 10.1. The number of esters is 1. The number of rotatable bonds is 5. The molecule has 0 heterocycles. The van der Waals surface area contributed by atoms with Crippen molar-refractivity contribution in [2.45, 2.75) is 20.3 Å². The number of benzene rings is 1. The van der Waals surface area contributed by atoms with Crippen molar-refractivity contribution < 1.29 is 14.5 Å². The van der Waals surface area contributed by atoms with E-state index in [-0.39, 0.29) is 23.8 Å². The third-order valence-corrected chi connectivity index (χ3v) is 2.42. The first-order chi connectivity index (χ1) is 8.95. The lowest BCUT2D eigenvalue weighted by Gasteiger charge is -2.04. The molecule has 2 N–H and O–H groups in total. The van der Waals surface area contributed by atoms with Crippen LogP contribution in [0.2, 0.25) is 0 Å². The molecule has 0 saturated heterocycles. The van der Waals surface area contributed by atoms with Crippen molar-refractivity contribution in [3.05, 3.63) is 39.4 Å². The first-order valence-electron chi connectivity index (χ1n) is 5.82.